The van der Waals surface area contributed by atoms with Crippen LogP contribution in [-0.2, 0) is 20.9 Å². The number of carbonyl (C=O) groups is 2. The van der Waals surface area contributed by atoms with Crippen LogP contribution in [0.4, 0.5) is 13.9 Å². The van der Waals surface area contributed by atoms with Crippen molar-refractivity contribution < 1.29 is 23.1 Å². The molecule has 0 radical (unpaired) electrons. The number of anilines is 1. The highest BCUT2D eigenvalue weighted by Gasteiger charge is 2.13. The topological polar surface area (TPSA) is 90.3 Å². The second-order valence-electron chi connectivity index (χ2n) is 5.92. The molecule has 0 fully saturated rings. The van der Waals surface area contributed by atoms with E-state index in [0.29, 0.717) is 11.3 Å². The second kappa shape index (κ2) is 9.05. The number of benzene rings is 1. The molecule has 0 aliphatic rings. The standard InChI is InChI=1S/C18H15F2N3O4S2/c1-10-8-29-18(26)23(10)5-4-16(25)27-7-15(24)22-17-21-14(9-28-17)11-2-3-12(19)13(20)6-11/h2-3,6,8-9H,4-5,7H2,1H3,(H,21,22,24). The molecule has 0 saturated carbocycles. The number of esters is 1. The average molecular weight is 439 g/mol. The van der Waals surface area contributed by atoms with Gasteiger partial charge in [-0.3, -0.25) is 19.7 Å². The van der Waals surface area contributed by atoms with Gasteiger partial charge in [-0.25, -0.2) is 13.8 Å². The molecule has 2 heterocycles. The number of thiazole rings is 2. The number of hydrogen-bond acceptors (Lipinski definition) is 7. The number of nitrogens with one attached hydrogen (secondary N) is 1. The zero-order valence-electron chi connectivity index (χ0n) is 15.1. The average Bonchev–Trinajstić information content (AvgIpc) is 3.27. The van der Waals surface area contributed by atoms with E-state index in [1.807, 2.05) is 0 Å². The van der Waals surface area contributed by atoms with E-state index in [2.05, 4.69) is 10.3 Å². The van der Waals surface area contributed by atoms with Crippen LogP contribution in [0.15, 0.2) is 33.8 Å². The van der Waals surface area contributed by atoms with Crippen molar-refractivity contribution in [1.29, 1.82) is 0 Å². The fraction of sp³-hybridized carbons (Fsp3) is 0.222. The molecule has 0 bridgehead atoms. The Bertz CT molecular complexity index is 1110. The maximum Gasteiger partial charge on any atom is 0.308 e. The summed E-state index contributed by atoms with van der Waals surface area (Å²) in [6.07, 6.45) is -0.0394. The summed E-state index contributed by atoms with van der Waals surface area (Å²) in [4.78, 5) is 39.2. The van der Waals surface area contributed by atoms with E-state index in [1.54, 1.807) is 17.7 Å². The number of amides is 1. The smallest absolute Gasteiger partial charge is 0.308 e. The summed E-state index contributed by atoms with van der Waals surface area (Å²) in [6.45, 7) is 1.44. The van der Waals surface area contributed by atoms with Crippen LogP contribution in [0.1, 0.15) is 12.1 Å². The Hall–Kier alpha value is -2.92. The predicted octanol–water partition coefficient (Wildman–Crippen LogP) is 3.19. The van der Waals surface area contributed by atoms with Crippen LogP contribution in [0, 0.1) is 18.6 Å². The summed E-state index contributed by atoms with van der Waals surface area (Å²) in [5.41, 5.74) is 1.50. The Morgan fingerprint density at radius 3 is 2.69 bits per heavy atom. The van der Waals surface area contributed by atoms with E-state index in [-0.39, 0.29) is 23.0 Å². The zero-order chi connectivity index (χ0) is 21.0. The normalized spacial score (nSPS) is 10.7. The minimum absolute atomic E-state index is 0.0394. The lowest BCUT2D eigenvalue weighted by Crippen LogP contribution is -2.22. The summed E-state index contributed by atoms with van der Waals surface area (Å²) >= 11 is 2.14. The molecule has 29 heavy (non-hydrogen) atoms. The lowest BCUT2D eigenvalue weighted by Gasteiger charge is -2.06. The van der Waals surface area contributed by atoms with Gasteiger partial charge in [0.05, 0.1) is 12.1 Å². The molecule has 0 saturated heterocycles. The SMILES string of the molecule is Cc1csc(=O)n1CCC(=O)OCC(=O)Nc1nc(-c2ccc(F)c(F)c2)cs1. The van der Waals surface area contributed by atoms with Gasteiger partial charge in [0.15, 0.2) is 23.4 Å². The molecule has 3 rings (SSSR count). The third-order valence-corrected chi connectivity index (χ3v) is 5.48. The molecule has 7 nitrogen and oxygen atoms in total. The van der Waals surface area contributed by atoms with E-state index in [1.165, 1.54) is 10.6 Å². The van der Waals surface area contributed by atoms with E-state index in [9.17, 15) is 23.2 Å². The molecule has 3 aromatic rings. The number of hydrogen-bond donors (Lipinski definition) is 1. The van der Waals surface area contributed by atoms with Crippen LogP contribution >= 0.6 is 22.7 Å². The summed E-state index contributed by atoms with van der Waals surface area (Å²) in [7, 11) is 0. The van der Waals surface area contributed by atoms with Gasteiger partial charge in [-0.1, -0.05) is 11.3 Å². The summed E-state index contributed by atoms with van der Waals surface area (Å²) < 4.78 is 32.7. The van der Waals surface area contributed by atoms with Crippen LogP contribution < -0.4 is 10.2 Å². The first-order valence-corrected chi connectivity index (χ1v) is 10.1. The third kappa shape index (κ3) is 5.33. The Morgan fingerprint density at radius 1 is 1.21 bits per heavy atom. The Balaban J connectivity index is 1.48. The molecular formula is C18H15F2N3O4S2. The number of ether oxygens (including phenoxy) is 1. The van der Waals surface area contributed by atoms with Gasteiger partial charge in [-0.15, -0.1) is 11.3 Å². The molecule has 0 aliphatic heterocycles. The van der Waals surface area contributed by atoms with Crippen molar-refractivity contribution in [1.82, 2.24) is 9.55 Å². The molecule has 152 valence electrons. The van der Waals surface area contributed by atoms with Gasteiger partial charge in [-0.2, -0.15) is 0 Å². The van der Waals surface area contributed by atoms with E-state index >= 15 is 0 Å². The maximum atomic E-state index is 13.3. The number of aryl methyl sites for hydroxylation is 1. The monoisotopic (exact) mass is 439 g/mol. The minimum atomic E-state index is -0.993. The summed E-state index contributed by atoms with van der Waals surface area (Å²) in [5, 5.41) is 5.98. The van der Waals surface area contributed by atoms with Crippen LogP contribution in [0.3, 0.4) is 0 Å². The molecular weight excluding hydrogens is 424 g/mol. The molecule has 0 unspecified atom stereocenters. The van der Waals surface area contributed by atoms with Crippen molar-refractivity contribution >= 4 is 39.7 Å². The fourth-order valence-electron chi connectivity index (χ4n) is 2.37. The van der Waals surface area contributed by atoms with Gasteiger partial charge in [-0.05, 0) is 25.1 Å². The second-order valence-corrected chi connectivity index (χ2v) is 7.60. The molecule has 0 spiro atoms. The van der Waals surface area contributed by atoms with Crippen molar-refractivity contribution in [2.75, 3.05) is 11.9 Å². The van der Waals surface area contributed by atoms with Crippen LogP contribution in [0.25, 0.3) is 11.3 Å². The lowest BCUT2D eigenvalue weighted by molar-refractivity contribution is -0.147. The highest BCUT2D eigenvalue weighted by atomic mass is 32.1. The molecule has 1 amide bonds. The quantitative estimate of drug-likeness (QED) is 0.571. The van der Waals surface area contributed by atoms with Crippen LogP contribution in [-0.4, -0.2) is 28.0 Å². The highest BCUT2D eigenvalue weighted by molar-refractivity contribution is 7.14. The van der Waals surface area contributed by atoms with Gasteiger partial charge >= 0.3 is 10.8 Å². The van der Waals surface area contributed by atoms with Crippen molar-refractivity contribution in [2.45, 2.75) is 19.9 Å². The summed E-state index contributed by atoms with van der Waals surface area (Å²) in [6, 6.07) is 3.38. The minimum Gasteiger partial charge on any atom is -0.456 e. The van der Waals surface area contributed by atoms with Gasteiger partial charge in [0.2, 0.25) is 0 Å². The van der Waals surface area contributed by atoms with Crippen molar-refractivity contribution in [3.63, 3.8) is 0 Å². The fourth-order valence-corrected chi connectivity index (χ4v) is 3.87. The van der Waals surface area contributed by atoms with Crippen molar-refractivity contribution in [3.05, 3.63) is 56.0 Å². The number of rotatable bonds is 7. The maximum absolute atomic E-state index is 13.3. The first-order chi connectivity index (χ1) is 13.8. The van der Waals surface area contributed by atoms with Crippen molar-refractivity contribution in [2.24, 2.45) is 0 Å². The lowest BCUT2D eigenvalue weighted by atomic mass is 10.2. The molecule has 0 aliphatic carbocycles. The molecule has 0 atom stereocenters. The van der Waals surface area contributed by atoms with Crippen molar-refractivity contribution in [3.8, 4) is 11.3 Å². The third-order valence-electron chi connectivity index (χ3n) is 3.85. The Labute approximate surface area is 171 Å². The highest BCUT2D eigenvalue weighted by Crippen LogP contribution is 2.26. The predicted molar refractivity (Wildman–Crippen MR) is 105 cm³/mol. The first kappa shape index (κ1) is 20.8. The van der Waals surface area contributed by atoms with Crippen LogP contribution in [0.2, 0.25) is 0 Å². The van der Waals surface area contributed by atoms with E-state index < -0.39 is 30.1 Å². The number of carbonyl (C=O) groups excluding carboxylic acids is 2. The number of aromatic nitrogens is 2. The van der Waals surface area contributed by atoms with Gasteiger partial charge in [0.1, 0.15) is 0 Å². The number of halogens is 2. The number of nitrogens with zero attached hydrogens (tertiary/aromatic N) is 2. The molecule has 11 heteroatoms. The summed E-state index contributed by atoms with van der Waals surface area (Å²) in [5.74, 6) is -3.15. The zero-order valence-corrected chi connectivity index (χ0v) is 16.7. The van der Waals surface area contributed by atoms with E-state index in [4.69, 9.17) is 4.74 Å². The molecule has 1 aromatic carbocycles. The van der Waals surface area contributed by atoms with Gasteiger partial charge < -0.3 is 9.30 Å². The molecule has 1 N–H and O–H groups in total. The van der Waals surface area contributed by atoms with Gasteiger partial charge in [0.25, 0.3) is 5.91 Å². The largest absolute Gasteiger partial charge is 0.456 e. The van der Waals surface area contributed by atoms with E-state index in [0.717, 1.165) is 40.5 Å². The van der Waals surface area contributed by atoms with Crippen LogP contribution in [0.5, 0.6) is 0 Å². The molecule has 2 aromatic heterocycles. The Kier molecular flexibility index (Phi) is 6.49. The van der Waals surface area contributed by atoms with Gasteiger partial charge in [0, 0.05) is 28.6 Å². The Morgan fingerprint density at radius 2 is 2.00 bits per heavy atom. The first-order valence-electron chi connectivity index (χ1n) is 8.35.